The number of hydroxylamine groups is 2. The van der Waals surface area contributed by atoms with Gasteiger partial charge in [-0.05, 0) is 71.5 Å². The van der Waals surface area contributed by atoms with Crippen LogP contribution in [0.4, 0.5) is 14.5 Å². The molecule has 0 bridgehead atoms. The Bertz CT molecular complexity index is 2780. The van der Waals surface area contributed by atoms with Crippen LogP contribution in [-0.4, -0.2) is 53.8 Å². The van der Waals surface area contributed by atoms with E-state index in [0.29, 0.717) is 44.3 Å². The van der Waals surface area contributed by atoms with Gasteiger partial charge in [-0.15, -0.1) is 39.5 Å². The number of carbonyl (C=O) groups is 4. The number of thiophene rings is 2. The van der Waals surface area contributed by atoms with Crippen molar-refractivity contribution < 1.29 is 42.3 Å². The molecular formula is C43H37F2N3O7S3. The van der Waals surface area contributed by atoms with E-state index in [1.165, 1.54) is 11.3 Å². The molecule has 5 heterocycles. The van der Waals surface area contributed by atoms with E-state index in [4.69, 9.17) is 9.25 Å². The van der Waals surface area contributed by atoms with E-state index in [-0.39, 0.29) is 34.5 Å². The maximum absolute atomic E-state index is 17.5. The summed E-state index contributed by atoms with van der Waals surface area (Å²) < 4.78 is 40.5. The highest BCUT2D eigenvalue weighted by Gasteiger charge is 2.38. The largest absolute Gasteiger partial charge is 0.478 e. The van der Waals surface area contributed by atoms with Crippen molar-refractivity contribution in [3.05, 3.63) is 86.9 Å². The topological polar surface area (TPSA) is 130 Å². The second-order valence-corrected chi connectivity index (χ2v) is 18.5. The number of benzene rings is 3. The summed E-state index contributed by atoms with van der Waals surface area (Å²) in [5.74, 6) is -6.83. The molecule has 2 amide bonds. The maximum atomic E-state index is 17.5. The summed E-state index contributed by atoms with van der Waals surface area (Å²) >= 11 is 3.60. The van der Waals surface area contributed by atoms with Crippen LogP contribution in [0.25, 0.3) is 54.3 Å². The van der Waals surface area contributed by atoms with E-state index < -0.39 is 57.8 Å². The first-order chi connectivity index (χ1) is 27.4. The third kappa shape index (κ3) is 6.30. The lowest BCUT2D eigenvalue weighted by Gasteiger charge is -2.42. The van der Waals surface area contributed by atoms with Crippen molar-refractivity contribution in [2.24, 2.45) is 4.99 Å². The van der Waals surface area contributed by atoms with E-state index in [2.05, 4.69) is 50.6 Å². The van der Waals surface area contributed by atoms with Gasteiger partial charge in [0.2, 0.25) is 0 Å². The fourth-order valence-electron chi connectivity index (χ4n) is 7.72. The first-order valence-electron chi connectivity index (χ1n) is 18.3. The number of halogens is 2. The van der Waals surface area contributed by atoms with Crippen molar-refractivity contribution in [2.45, 2.75) is 63.3 Å². The van der Waals surface area contributed by atoms with Gasteiger partial charge in [0.05, 0.1) is 16.6 Å². The third-order valence-corrected chi connectivity index (χ3v) is 13.8. The van der Waals surface area contributed by atoms with Gasteiger partial charge in [-0.25, -0.2) is 18.4 Å². The van der Waals surface area contributed by atoms with Gasteiger partial charge in [0.15, 0.2) is 0 Å². The highest BCUT2D eigenvalue weighted by molar-refractivity contribution is 8.00. The Balaban J connectivity index is 1.43. The van der Waals surface area contributed by atoms with Crippen LogP contribution in [-0.2, 0) is 30.2 Å². The Morgan fingerprint density at radius 2 is 1.66 bits per heavy atom. The number of anilines is 1. The Morgan fingerprint density at radius 1 is 0.966 bits per heavy atom. The Hall–Kier alpha value is -5.38. The molecule has 298 valence electrons. The number of imide groups is 1. The molecule has 1 aliphatic carbocycles. The van der Waals surface area contributed by atoms with Gasteiger partial charge in [0.1, 0.15) is 28.5 Å². The molecule has 15 heteroatoms. The highest BCUT2D eigenvalue weighted by Crippen LogP contribution is 2.53. The summed E-state index contributed by atoms with van der Waals surface area (Å²) in [6.45, 7) is 10.5. The molecular weight excluding hydrogens is 805 g/mol. The van der Waals surface area contributed by atoms with Gasteiger partial charge < -0.3 is 19.3 Å². The van der Waals surface area contributed by atoms with E-state index in [1.54, 1.807) is 30.5 Å². The number of aromatic carboxylic acids is 1. The molecule has 1 saturated heterocycles. The number of hydrogen-bond donors (Lipinski definition) is 1. The number of carboxylic acids is 1. The van der Waals surface area contributed by atoms with Crippen LogP contribution in [0, 0.1) is 11.6 Å². The van der Waals surface area contributed by atoms with Gasteiger partial charge in [-0.2, -0.15) is 0 Å². The number of carboxylic acid groups (broad SMARTS) is 1. The minimum Gasteiger partial charge on any atom is -0.478 e. The van der Waals surface area contributed by atoms with Crippen molar-refractivity contribution >= 4 is 74.8 Å². The average molecular weight is 842 g/mol. The zero-order chi connectivity index (χ0) is 41.6. The lowest BCUT2D eigenvalue weighted by molar-refractivity contribution is -0.195. The van der Waals surface area contributed by atoms with Crippen molar-refractivity contribution in [3.8, 4) is 43.3 Å². The van der Waals surface area contributed by atoms with Crippen LogP contribution in [0.5, 0.6) is 0 Å². The van der Waals surface area contributed by atoms with E-state index in [1.807, 2.05) is 36.0 Å². The maximum Gasteiger partial charge on any atom is 0.343 e. The number of carbonyl (C=O) groups excluding carboxylic acids is 3. The first-order valence-corrected chi connectivity index (χ1v) is 21.0. The Kier molecular flexibility index (Phi) is 9.64. The molecule has 10 nitrogen and oxygen atoms in total. The number of nitrogens with zero attached hydrogens (tertiary/aromatic N) is 3. The minimum absolute atomic E-state index is 0.0782. The summed E-state index contributed by atoms with van der Waals surface area (Å²) in [7, 11) is 3.63. The monoisotopic (exact) mass is 841 g/mol. The molecule has 0 spiro atoms. The molecule has 8 rings (SSSR count). The molecule has 0 saturated carbocycles. The van der Waals surface area contributed by atoms with Gasteiger partial charge in [-0.3, -0.25) is 14.6 Å². The number of amides is 2. The Labute approximate surface area is 344 Å². The van der Waals surface area contributed by atoms with E-state index in [0.717, 1.165) is 38.2 Å². The van der Waals surface area contributed by atoms with Crippen molar-refractivity contribution in [3.63, 3.8) is 0 Å². The SMILES string of the molecule is C/N=c1\cc2oc3cc4c(cc3c(-c3c(F)c(SCC(=O)ON5C(=O)CCC5=O)cc(F)c3C(=O)O)c-2cc1-c1sccc1C(C)(C)C)-c1sccc1C(C)(C)N4C. The molecule has 4 aliphatic rings. The van der Waals surface area contributed by atoms with Crippen LogP contribution >= 0.6 is 34.4 Å². The van der Waals surface area contributed by atoms with Gasteiger partial charge in [0, 0.05) is 92.6 Å². The molecule has 58 heavy (non-hydrogen) atoms. The van der Waals surface area contributed by atoms with Crippen LogP contribution in [0.1, 0.15) is 68.9 Å². The standard InChI is InChI=1S/C43H37F2N3O7S3/c1-42(2,3)24-10-12-56-39(24)20-14-22-29(17-27(20)46-6)54-30-18-28-21(40-25(11-13-57-40)43(4,5)47(28)7)15-23(30)35(22)37-36(41(52)53)26(44)16-31(38(37)45)58-19-34(51)55-48-32(49)8-9-33(48)50/h10-18H,8-9,19H2,1-7H3,(H,52,53)/b46-27+. The fourth-order valence-corrected chi connectivity index (χ4v) is 10.7. The lowest BCUT2D eigenvalue weighted by Crippen LogP contribution is -2.41. The number of thioether (sulfide) groups is 1. The number of hydrogen-bond acceptors (Lipinski definition) is 11. The summed E-state index contributed by atoms with van der Waals surface area (Å²) in [5, 5.41) is 15.9. The summed E-state index contributed by atoms with van der Waals surface area (Å²) in [5.41, 5.74) is 3.01. The van der Waals surface area contributed by atoms with Crippen LogP contribution in [0.15, 0.2) is 67.5 Å². The summed E-state index contributed by atoms with van der Waals surface area (Å²) in [6, 6.07) is 12.0. The zero-order valence-corrected chi connectivity index (χ0v) is 35.0. The molecule has 2 aromatic carbocycles. The molecule has 3 aliphatic heterocycles. The van der Waals surface area contributed by atoms with E-state index >= 15 is 8.78 Å². The van der Waals surface area contributed by atoms with Crippen molar-refractivity contribution in [2.75, 3.05) is 24.7 Å². The molecule has 1 N–H and O–H groups in total. The molecule has 0 radical (unpaired) electrons. The number of fused-ring (bicyclic) bond motifs is 5. The second-order valence-electron chi connectivity index (χ2n) is 15.7. The first kappa shape index (κ1) is 39.4. The second kappa shape index (κ2) is 14.2. The van der Waals surface area contributed by atoms with Gasteiger partial charge >= 0.3 is 11.9 Å². The Morgan fingerprint density at radius 3 is 2.33 bits per heavy atom. The molecule has 2 aromatic heterocycles. The zero-order valence-electron chi connectivity index (χ0n) is 32.5. The highest BCUT2D eigenvalue weighted by atomic mass is 32.2. The van der Waals surface area contributed by atoms with Crippen molar-refractivity contribution in [1.29, 1.82) is 0 Å². The third-order valence-electron chi connectivity index (χ3n) is 10.9. The predicted molar refractivity (Wildman–Crippen MR) is 221 cm³/mol. The molecule has 0 atom stereocenters. The van der Waals surface area contributed by atoms with Crippen LogP contribution in [0.2, 0.25) is 0 Å². The van der Waals surface area contributed by atoms with Crippen LogP contribution < -0.4 is 10.3 Å². The molecule has 1 fully saturated rings. The summed E-state index contributed by atoms with van der Waals surface area (Å²) in [6.07, 6.45) is -0.232. The van der Waals surface area contributed by atoms with Gasteiger partial charge in [0.25, 0.3) is 11.8 Å². The number of rotatable bonds is 7. The lowest BCUT2D eigenvalue weighted by atomic mass is 9.83. The molecule has 0 unspecified atom stereocenters. The average Bonchev–Trinajstić information content (AvgIpc) is 3.94. The van der Waals surface area contributed by atoms with E-state index in [9.17, 15) is 24.3 Å². The summed E-state index contributed by atoms with van der Waals surface area (Å²) in [4.78, 5) is 63.2. The van der Waals surface area contributed by atoms with Crippen molar-refractivity contribution in [1.82, 2.24) is 5.06 Å². The quantitative estimate of drug-likeness (QED) is 0.0949. The smallest absolute Gasteiger partial charge is 0.343 e. The fraction of sp³-hybridized carbons (Fsp3) is 0.279. The normalized spacial score (nSPS) is 15.4. The molecule has 4 aromatic rings. The van der Waals surface area contributed by atoms with Crippen LogP contribution in [0.3, 0.4) is 0 Å². The van der Waals surface area contributed by atoms with Gasteiger partial charge in [-0.1, -0.05) is 20.8 Å². The predicted octanol–water partition coefficient (Wildman–Crippen LogP) is 9.85. The minimum atomic E-state index is -1.70.